The van der Waals surface area contributed by atoms with E-state index in [0.29, 0.717) is 0 Å². The van der Waals surface area contributed by atoms with Gasteiger partial charge < -0.3 is 10.5 Å². The summed E-state index contributed by atoms with van der Waals surface area (Å²) in [5.74, 6) is 0. The Labute approximate surface area is 103 Å². The lowest BCUT2D eigenvalue weighted by molar-refractivity contribution is -0.0274. The summed E-state index contributed by atoms with van der Waals surface area (Å²) in [6.07, 6.45) is 1.00. The molecule has 0 aliphatic heterocycles. The summed E-state index contributed by atoms with van der Waals surface area (Å²) in [6, 6.07) is 2.20. The summed E-state index contributed by atoms with van der Waals surface area (Å²) in [4.78, 5) is 0. The maximum absolute atomic E-state index is 6.26. The molecule has 0 aliphatic rings. The van der Waals surface area contributed by atoms with Crippen molar-refractivity contribution in [2.75, 3.05) is 6.61 Å². The first kappa shape index (κ1) is 13.7. The van der Waals surface area contributed by atoms with Crippen LogP contribution < -0.4 is 5.73 Å². The molecule has 2 unspecified atom stereocenters. The summed E-state index contributed by atoms with van der Waals surface area (Å²) in [5, 5.41) is 4.25. The maximum Gasteiger partial charge on any atom is 0.0777 e. The second kappa shape index (κ2) is 5.80. The van der Waals surface area contributed by atoms with Crippen molar-refractivity contribution in [1.82, 2.24) is 0 Å². The molecule has 92 valence electrons. The van der Waals surface area contributed by atoms with Crippen LogP contribution in [0.2, 0.25) is 0 Å². The monoisotopic (exact) mass is 241 g/mol. The molecule has 1 heterocycles. The van der Waals surface area contributed by atoms with Gasteiger partial charge in [0.15, 0.2) is 0 Å². The molecule has 1 aromatic heterocycles. The number of ether oxygens (including phenoxy) is 1. The fraction of sp³-hybridized carbons (Fsp3) is 0.692. The molecule has 0 fully saturated rings. The van der Waals surface area contributed by atoms with Gasteiger partial charge in [-0.25, -0.2) is 0 Å². The van der Waals surface area contributed by atoms with Crippen molar-refractivity contribution in [1.29, 1.82) is 0 Å². The Hall–Kier alpha value is -0.380. The van der Waals surface area contributed by atoms with Gasteiger partial charge in [-0.15, -0.1) is 0 Å². The molecular weight excluding hydrogens is 218 g/mol. The number of nitrogens with two attached hydrogens (primary N) is 1. The zero-order valence-corrected chi connectivity index (χ0v) is 11.5. The average Bonchev–Trinajstić information content (AvgIpc) is 2.64. The van der Waals surface area contributed by atoms with Crippen LogP contribution >= 0.6 is 11.3 Å². The smallest absolute Gasteiger partial charge is 0.0777 e. The van der Waals surface area contributed by atoms with Crippen LogP contribution in [0.5, 0.6) is 0 Å². The second-order valence-electron chi connectivity index (χ2n) is 5.24. The predicted octanol–water partition coefficient (Wildman–Crippen LogP) is 3.07. The first-order chi connectivity index (χ1) is 7.45. The average molecular weight is 241 g/mol. The topological polar surface area (TPSA) is 35.2 Å². The molecular formula is C13H23NOS. The third-order valence-electron chi connectivity index (χ3n) is 2.64. The summed E-state index contributed by atoms with van der Waals surface area (Å²) >= 11 is 1.72. The minimum Gasteiger partial charge on any atom is -0.376 e. The van der Waals surface area contributed by atoms with Crippen molar-refractivity contribution in [3.05, 3.63) is 22.4 Å². The first-order valence-corrected chi connectivity index (χ1v) is 6.77. The van der Waals surface area contributed by atoms with E-state index in [0.717, 1.165) is 13.0 Å². The van der Waals surface area contributed by atoms with Gasteiger partial charge in [0.2, 0.25) is 0 Å². The molecule has 2 atom stereocenters. The molecule has 3 heteroatoms. The van der Waals surface area contributed by atoms with Crippen molar-refractivity contribution in [3.63, 3.8) is 0 Å². The van der Waals surface area contributed by atoms with Crippen molar-refractivity contribution in [3.8, 4) is 0 Å². The van der Waals surface area contributed by atoms with E-state index in [-0.39, 0.29) is 17.6 Å². The van der Waals surface area contributed by atoms with Gasteiger partial charge in [0, 0.05) is 12.6 Å². The lowest BCUT2D eigenvalue weighted by Crippen LogP contribution is -2.46. The summed E-state index contributed by atoms with van der Waals surface area (Å²) < 4.78 is 5.80. The fourth-order valence-electron chi connectivity index (χ4n) is 1.98. The molecule has 0 radical (unpaired) electrons. The zero-order valence-electron chi connectivity index (χ0n) is 10.7. The lowest BCUT2D eigenvalue weighted by atomic mass is 9.83. The Kier molecular flexibility index (Phi) is 4.96. The molecule has 0 spiro atoms. The van der Waals surface area contributed by atoms with Crippen molar-refractivity contribution >= 4 is 11.3 Å². The van der Waals surface area contributed by atoms with Gasteiger partial charge >= 0.3 is 0 Å². The second-order valence-corrected chi connectivity index (χ2v) is 6.02. The third kappa shape index (κ3) is 3.89. The predicted molar refractivity (Wildman–Crippen MR) is 70.9 cm³/mol. The van der Waals surface area contributed by atoms with Gasteiger partial charge in [-0.3, -0.25) is 0 Å². The third-order valence-corrected chi connectivity index (χ3v) is 3.37. The highest BCUT2D eigenvalue weighted by molar-refractivity contribution is 7.07. The van der Waals surface area contributed by atoms with E-state index in [9.17, 15) is 0 Å². The summed E-state index contributed by atoms with van der Waals surface area (Å²) in [5.41, 5.74) is 7.66. The molecule has 1 rings (SSSR count). The molecule has 16 heavy (non-hydrogen) atoms. The highest BCUT2D eigenvalue weighted by atomic mass is 32.1. The van der Waals surface area contributed by atoms with Crippen LogP contribution in [0.3, 0.4) is 0 Å². The molecule has 0 bridgehead atoms. The van der Waals surface area contributed by atoms with Gasteiger partial charge in [-0.05, 0) is 41.1 Å². The van der Waals surface area contributed by atoms with E-state index in [2.05, 4.69) is 37.6 Å². The van der Waals surface area contributed by atoms with Crippen LogP contribution in [0, 0.1) is 5.41 Å². The Bertz CT molecular complexity index is 289. The number of thiophene rings is 1. The first-order valence-electron chi connectivity index (χ1n) is 5.83. The molecule has 2 nitrogen and oxygen atoms in total. The SMILES string of the molecule is CCOC(C(N)Cc1ccsc1)C(C)(C)C. The lowest BCUT2D eigenvalue weighted by Gasteiger charge is -2.34. The van der Waals surface area contributed by atoms with E-state index < -0.39 is 0 Å². The number of hydrogen-bond acceptors (Lipinski definition) is 3. The maximum atomic E-state index is 6.26. The van der Waals surface area contributed by atoms with Crippen molar-refractivity contribution < 1.29 is 4.74 Å². The molecule has 0 aromatic carbocycles. The largest absolute Gasteiger partial charge is 0.376 e. The molecule has 0 amide bonds. The van der Waals surface area contributed by atoms with E-state index in [4.69, 9.17) is 10.5 Å². The summed E-state index contributed by atoms with van der Waals surface area (Å²) in [6.45, 7) is 9.29. The van der Waals surface area contributed by atoms with Crippen molar-refractivity contribution in [2.45, 2.75) is 46.3 Å². The summed E-state index contributed by atoms with van der Waals surface area (Å²) in [7, 11) is 0. The minimum atomic E-state index is 0.0644. The molecule has 0 saturated heterocycles. The molecule has 0 aliphatic carbocycles. The fourth-order valence-corrected chi connectivity index (χ4v) is 2.66. The Morgan fingerprint density at radius 1 is 1.44 bits per heavy atom. The molecule has 1 aromatic rings. The standard InChI is InChI=1S/C13H23NOS/c1-5-15-12(13(2,3)4)11(14)8-10-6-7-16-9-10/h6-7,9,11-12H,5,8,14H2,1-4H3. The molecule has 0 saturated carbocycles. The highest BCUT2D eigenvalue weighted by Gasteiger charge is 2.30. The normalized spacial score (nSPS) is 16.1. The number of rotatable bonds is 5. The van der Waals surface area contributed by atoms with Gasteiger partial charge in [0.05, 0.1) is 6.10 Å². The molecule has 2 N–H and O–H groups in total. The Morgan fingerprint density at radius 2 is 2.12 bits per heavy atom. The van der Waals surface area contributed by atoms with Crippen molar-refractivity contribution in [2.24, 2.45) is 11.1 Å². The van der Waals surface area contributed by atoms with E-state index in [1.165, 1.54) is 5.56 Å². The van der Waals surface area contributed by atoms with Crippen LogP contribution in [0.4, 0.5) is 0 Å². The van der Waals surface area contributed by atoms with Gasteiger partial charge in [-0.1, -0.05) is 20.8 Å². The number of hydrogen-bond donors (Lipinski definition) is 1. The van der Waals surface area contributed by atoms with Gasteiger partial charge in [0.1, 0.15) is 0 Å². The quantitative estimate of drug-likeness (QED) is 0.860. The van der Waals surface area contributed by atoms with Crippen LogP contribution in [0.1, 0.15) is 33.3 Å². The van der Waals surface area contributed by atoms with E-state index >= 15 is 0 Å². The highest BCUT2D eigenvalue weighted by Crippen LogP contribution is 2.26. The zero-order chi connectivity index (χ0) is 12.2. The van der Waals surface area contributed by atoms with E-state index in [1.807, 2.05) is 6.92 Å². The Morgan fingerprint density at radius 3 is 2.56 bits per heavy atom. The Balaban J connectivity index is 2.64. The minimum absolute atomic E-state index is 0.0644. The van der Waals surface area contributed by atoms with Gasteiger partial charge in [0.25, 0.3) is 0 Å². The van der Waals surface area contributed by atoms with Crippen LogP contribution in [0.15, 0.2) is 16.8 Å². The van der Waals surface area contributed by atoms with Crippen LogP contribution in [-0.4, -0.2) is 18.8 Å². The van der Waals surface area contributed by atoms with Crippen LogP contribution in [0.25, 0.3) is 0 Å². The van der Waals surface area contributed by atoms with Gasteiger partial charge in [-0.2, -0.15) is 11.3 Å². The van der Waals surface area contributed by atoms with E-state index in [1.54, 1.807) is 11.3 Å². The van der Waals surface area contributed by atoms with Crippen LogP contribution in [-0.2, 0) is 11.2 Å².